The van der Waals surface area contributed by atoms with Gasteiger partial charge in [-0.25, -0.2) is 0 Å². The number of piperazine rings is 1. The molecular weight excluding hydrogens is 412 g/mol. The molecule has 0 spiro atoms. The van der Waals surface area contributed by atoms with Crippen LogP contribution in [0.4, 0.5) is 5.88 Å². The number of ether oxygens (including phenoxy) is 2. The molecule has 1 aliphatic heterocycles. The molecule has 3 aromatic rings. The van der Waals surface area contributed by atoms with Crippen molar-refractivity contribution in [3.05, 3.63) is 60.5 Å². The van der Waals surface area contributed by atoms with Gasteiger partial charge in [-0.1, -0.05) is 12.7 Å². The minimum Gasteiger partial charge on any atom is -0.493 e. The molecule has 3 heterocycles. The third-order valence-corrected chi connectivity index (χ3v) is 5.07. The van der Waals surface area contributed by atoms with Gasteiger partial charge in [-0.05, 0) is 30.3 Å². The highest BCUT2D eigenvalue weighted by Gasteiger charge is 2.28. The molecule has 1 aromatic carbocycles. The molecule has 0 N–H and O–H groups in total. The van der Waals surface area contributed by atoms with Crippen LogP contribution in [0.2, 0.25) is 0 Å². The molecule has 1 amide bonds. The van der Waals surface area contributed by atoms with Crippen molar-refractivity contribution < 1.29 is 23.1 Å². The Balaban J connectivity index is 1.44. The number of rotatable bonds is 7. The van der Waals surface area contributed by atoms with Crippen LogP contribution in [0, 0.1) is 11.3 Å². The van der Waals surface area contributed by atoms with E-state index in [4.69, 9.17) is 18.3 Å². The van der Waals surface area contributed by atoms with E-state index in [1.807, 2.05) is 4.90 Å². The predicted octanol–water partition coefficient (Wildman–Crippen LogP) is 3.34. The first-order valence-electron chi connectivity index (χ1n) is 10.1. The summed E-state index contributed by atoms with van der Waals surface area (Å²) < 4.78 is 22.0. The van der Waals surface area contributed by atoms with Crippen molar-refractivity contribution in [1.82, 2.24) is 9.88 Å². The van der Waals surface area contributed by atoms with Crippen LogP contribution < -0.4 is 14.4 Å². The number of hydrogen-bond donors (Lipinski definition) is 0. The van der Waals surface area contributed by atoms with Gasteiger partial charge in [0.1, 0.15) is 12.7 Å². The molecule has 0 saturated carbocycles. The number of carbonyl (C=O) groups is 1. The Morgan fingerprint density at radius 3 is 2.75 bits per heavy atom. The van der Waals surface area contributed by atoms with Crippen LogP contribution in [0.15, 0.2) is 58.1 Å². The molecule has 9 nitrogen and oxygen atoms in total. The molecule has 164 valence electrons. The number of nitriles is 1. The summed E-state index contributed by atoms with van der Waals surface area (Å²) in [5, 5.41) is 9.45. The number of amides is 1. The molecule has 2 aromatic heterocycles. The fourth-order valence-electron chi connectivity index (χ4n) is 3.47. The highest BCUT2D eigenvalue weighted by Crippen LogP contribution is 2.31. The Bertz CT molecular complexity index is 1140. The van der Waals surface area contributed by atoms with Crippen LogP contribution in [0.3, 0.4) is 0 Å². The number of oxazole rings is 1. The summed E-state index contributed by atoms with van der Waals surface area (Å²) >= 11 is 0. The van der Waals surface area contributed by atoms with Crippen molar-refractivity contribution in [2.75, 3.05) is 44.8 Å². The van der Waals surface area contributed by atoms with Crippen LogP contribution in [0.5, 0.6) is 11.5 Å². The summed E-state index contributed by atoms with van der Waals surface area (Å²) in [7, 11) is 1.53. The number of nitrogens with zero attached hydrogens (tertiary/aromatic N) is 4. The first-order chi connectivity index (χ1) is 15.6. The van der Waals surface area contributed by atoms with Gasteiger partial charge >= 0.3 is 0 Å². The number of aromatic nitrogens is 1. The summed E-state index contributed by atoms with van der Waals surface area (Å²) in [4.78, 5) is 20.9. The van der Waals surface area contributed by atoms with Crippen LogP contribution in [0.1, 0.15) is 16.1 Å². The zero-order valence-electron chi connectivity index (χ0n) is 17.6. The summed E-state index contributed by atoms with van der Waals surface area (Å²) in [6.45, 7) is 5.92. The van der Waals surface area contributed by atoms with E-state index in [2.05, 4.69) is 17.6 Å². The van der Waals surface area contributed by atoms with Crippen molar-refractivity contribution in [3.8, 4) is 29.2 Å². The smallest absolute Gasteiger partial charge is 0.266 e. The van der Waals surface area contributed by atoms with E-state index < -0.39 is 0 Å². The molecule has 0 aliphatic carbocycles. The van der Waals surface area contributed by atoms with E-state index in [0.717, 1.165) is 0 Å². The molecule has 4 rings (SSSR count). The van der Waals surface area contributed by atoms with E-state index in [-0.39, 0.29) is 17.5 Å². The monoisotopic (exact) mass is 434 g/mol. The van der Waals surface area contributed by atoms with Crippen LogP contribution >= 0.6 is 0 Å². The number of hydrogen-bond acceptors (Lipinski definition) is 8. The lowest BCUT2D eigenvalue weighted by Crippen LogP contribution is -2.48. The summed E-state index contributed by atoms with van der Waals surface area (Å²) in [5.74, 6) is 2.03. The Labute approximate surface area is 185 Å². The van der Waals surface area contributed by atoms with Crippen LogP contribution in [0.25, 0.3) is 11.7 Å². The van der Waals surface area contributed by atoms with Gasteiger partial charge in [-0.15, -0.1) is 0 Å². The molecule has 1 aliphatic rings. The van der Waals surface area contributed by atoms with E-state index in [1.165, 1.54) is 13.4 Å². The average Bonchev–Trinajstić information content (AvgIpc) is 3.52. The lowest BCUT2D eigenvalue weighted by molar-refractivity contribution is 0.0745. The minimum absolute atomic E-state index is 0.104. The Kier molecular flexibility index (Phi) is 6.12. The highest BCUT2D eigenvalue weighted by molar-refractivity contribution is 5.95. The maximum atomic E-state index is 13.0. The molecule has 1 saturated heterocycles. The second kappa shape index (κ2) is 9.31. The molecule has 0 atom stereocenters. The maximum absolute atomic E-state index is 13.0. The summed E-state index contributed by atoms with van der Waals surface area (Å²) in [6, 6.07) is 10.6. The second-order valence-electron chi connectivity index (χ2n) is 7.01. The highest BCUT2D eigenvalue weighted by atomic mass is 16.5. The third kappa shape index (κ3) is 4.16. The van der Waals surface area contributed by atoms with Crippen LogP contribution in [-0.2, 0) is 0 Å². The van der Waals surface area contributed by atoms with Crippen molar-refractivity contribution in [2.45, 2.75) is 0 Å². The zero-order valence-corrected chi connectivity index (χ0v) is 17.6. The molecular formula is C23H22N4O5. The van der Waals surface area contributed by atoms with Gasteiger partial charge in [-0.3, -0.25) is 4.79 Å². The quantitative estimate of drug-likeness (QED) is 0.522. The van der Waals surface area contributed by atoms with Gasteiger partial charge in [0.05, 0.1) is 13.4 Å². The Hall–Kier alpha value is -4.19. The summed E-state index contributed by atoms with van der Waals surface area (Å²) in [6.07, 6.45) is 3.16. The van der Waals surface area contributed by atoms with Gasteiger partial charge in [-0.2, -0.15) is 10.2 Å². The van der Waals surface area contributed by atoms with E-state index in [0.29, 0.717) is 61.5 Å². The number of anilines is 1. The number of methoxy groups -OCH3 is 1. The van der Waals surface area contributed by atoms with Gasteiger partial charge < -0.3 is 28.1 Å². The van der Waals surface area contributed by atoms with Gasteiger partial charge in [0.2, 0.25) is 11.6 Å². The van der Waals surface area contributed by atoms with E-state index in [1.54, 1.807) is 41.3 Å². The van der Waals surface area contributed by atoms with E-state index in [9.17, 15) is 10.1 Å². The lowest BCUT2D eigenvalue weighted by atomic mass is 10.1. The Morgan fingerprint density at radius 2 is 2.09 bits per heavy atom. The average molecular weight is 434 g/mol. The van der Waals surface area contributed by atoms with Gasteiger partial charge in [0.25, 0.3) is 11.8 Å². The topological polar surface area (TPSA) is 105 Å². The molecule has 1 fully saturated rings. The number of carbonyl (C=O) groups excluding carboxylic acids is 1. The summed E-state index contributed by atoms with van der Waals surface area (Å²) in [5.41, 5.74) is 0.703. The lowest BCUT2D eigenvalue weighted by Gasteiger charge is -2.34. The number of furan rings is 1. The minimum atomic E-state index is -0.104. The molecule has 0 bridgehead atoms. The van der Waals surface area contributed by atoms with Crippen molar-refractivity contribution in [1.29, 1.82) is 5.26 Å². The van der Waals surface area contributed by atoms with Crippen molar-refractivity contribution in [3.63, 3.8) is 0 Å². The molecule has 9 heteroatoms. The third-order valence-electron chi connectivity index (χ3n) is 5.07. The zero-order chi connectivity index (χ0) is 22.5. The van der Waals surface area contributed by atoms with Crippen molar-refractivity contribution in [2.24, 2.45) is 0 Å². The second-order valence-corrected chi connectivity index (χ2v) is 7.01. The van der Waals surface area contributed by atoms with Crippen molar-refractivity contribution >= 4 is 11.8 Å². The predicted molar refractivity (Wildman–Crippen MR) is 116 cm³/mol. The molecule has 32 heavy (non-hydrogen) atoms. The fraction of sp³-hybridized carbons (Fsp3) is 0.261. The van der Waals surface area contributed by atoms with Crippen LogP contribution in [-0.4, -0.2) is 55.7 Å². The maximum Gasteiger partial charge on any atom is 0.266 e. The largest absolute Gasteiger partial charge is 0.493 e. The Morgan fingerprint density at radius 1 is 1.28 bits per heavy atom. The standard InChI is InChI=1S/C23H22N4O5/c1-3-12-30-18-7-6-16(14-20(18)29-2)22(28)26-8-10-27(11-9-26)23-17(15-24)25-21(32-23)19-5-4-13-31-19/h3-7,13-14H,1,8-12H2,2H3. The first kappa shape index (κ1) is 21.1. The molecule has 0 unspecified atom stereocenters. The van der Waals surface area contributed by atoms with E-state index >= 15 is 0 Å². The molecule has 0 radical (unpaired) electrons. The normalized spacial score (nSPS) is 13.5. The number of benzene rings is 1. The SMILES string of the molecule is C=CCOc1ccc(C(=O)N2CCN(c3oc(-c4ccco4)nc3C#N)CC2)cc1OC. The van der Waals surface area contributed by atoms with Gasteiger partial charge in [0, 0.05) is 31.7 Å². The van der Waals surface area contributed by atoms with Gasteiger partial charge in [0.15, 0.2) is 17.3 Å². The first-order valence-corrected chi connectivity index (χ1v) is 10.1. The fourth-order valence-corrected chi connectivity index (χ4v) is 3.47.